The lowest BCUT2D eigenvalue weighted by Crippen LogP contribution is -2.36. The number of rotatable bonds is 6. The van der Waals surface area contributed by atoms with Crippen LogP contribution in [0.2, 0.25) is 0 Å². The van der Waals surface area contributed by atoms with Gasteiger partial charge < -0.3 is 15.1 Å². The van der Waals surface area contributed by atoms with E-state index in [9.17, 15) is 27.2 Å². The number of aromatic nitrogens is 3. The number of fused-ring (bicyclic) bond motifs is 1. The van der Waals surface area contributed by atoms with Crippen LogP contribution in [-0.4, -0.2) is 65.8 Å². The van der Waals surface area contributed by atoms with Gasteiger partial charge in [0, 0.05) is 38.3 Å². The Bertz CT molecular complexity index is 1270. The van der Waals surface area contributed by atoms with E-state index in [0.717, 1.165) is 6.07 Å². The Kier molecular flexibility index (Phi) is 7.29. The number of pyridine rings is 1. The van der Waals surface area contributed by atoms with Crippen molar-refractivity contribution in [1.29, 1.82) is 0 Å². The van der Waals surface area contributed by atoms with Crippen molar-refractivity contribution in [1.82, 2.24) is 25.0 Å². The smallest absolute Gasteiger partial charge is 0.358 e. The topological polar surface area (TPSA) is 95.4 Å². The zero-order valence-electron chi connectivity index (χ0n) is 19.8. The fraction of sp³-hybridized carbons (Fsp3) is 0.364. The third-order valence-corrected chi connectivity index (χ3v) is 5.22. The average Bonchev–Trinajstić information content (AvgIpc) is 3.04. The summed E-state index contributed by atoms with van der Waals surface area (Å²) in [6.45, 7) is 2.93. The molecule has 0 atom stereocenters. The Morgan fingerprint density at radius 1 is 1.11 bits per heavy atom. The first-order valence-corrected chi connectivity index (χ1v) is 10.5. The minimum absolute atomic E-state index is 0.0834. The molecule has 2 N–H and O–H groups in total. The van der Waals surface area contributed by atoms with Gasteiger partial charge in [-0.05, 0) is 45.3 Å². The molecule has 188 valence electrons. The van der Waals surface area contributed by atoms with Gasteiger partial charge in [0.05, 0.1) is 16.8 Å². The summed E-state index contributed by atoms with van der Waals surface area (Å²) in [4.78, 5) is 33.7. The summed E-state index contributed by atoms with van der Waals surface area (Å²) >= 11 is 0. The number of hydrogen-bond donors (Lipinski definition) is 2. The lowest BCUT2D eigenvalue weighted by atomic mass is 10.1. The lowest BCUT2D eigenvalue weighted by molar-refractivity contribution is -0.139. The standard InChI is InChI=1S/C22H25F4N7O2/c1-12-14-11-15(18(28-19(14)33(5)30-12)32(4)9-8-31(2)3)20(34)29-21(35)27-13-6-7-17(23)16(10-13)22(24,25)26/h6-7,10-11H,8-9H2,1-5H3,(H2,27,29,34,35). The molecule has 9 nitrogen and oxygen atoms in total. The van der Waals surface area contributed by atoms with E-state index in [0.29, 0.717) is 47.8 Å². The fourth-order valence-electron chi connectivity index (χ4n) is 3.40. The molecule has 13 heteroatoms. The molecule has 0 unspecified atom stereocenters. The maximum atomic E-state index is 13.5. The van der Waals surface area contributed by atoms with Crippen LogP contribution in [0.4, 0.5) is 33.9 Å². The van der Waals surface area contributed by atoms with E-state index < -0.39 is 29.5 Å². The third kappa shape index (κ3) is 5.85. The molecule has 35 heavy (non-hydrogen) atoms. The van der Waals surface area contributed by atoms with Crippen LogP contribution >= 0.6 is 0 Å². The number of halogens is 4. The predicted molar refractivity (Wildman–Crippen MR) is 123 cm³/mol. The maximum absolute atomic E-state index is 13.5. The zero-order chi connectivity index (χ0) is 26.1. The van der Waals surface area contributed by atoms with Crippen molar-refractivity contribution >= 4 is 34.5 Å². The van der Waals surface area contributed by atoms with Crippen molar-refractivity contribution < 1.29 is 27.2 Å². The molecule has 1 aromatic carbocycles. The zero-order valence-corrected chi connectivity index (χ0v) is 19.8. The second-order valence-electron chi connectivity index (χ2n) is 8.27. The first kappa shape index (κ1) is 25.9. The van der Waals surface area contributed by atoms with Gasteiger partial charge >= 0.3 is 12.2 Å². The van der Waals surface area contributed by atoms with E-state index >= 15 is 0 Å². The van der Waals surface area contributed by atoms with Crippen LogP contribution in [-0.2, 0) is 13.2 Å². The van der Waals surface area contributed by atoms with Crippen LogP contribution in [0.15, 0.2) is 24.3 Å². The molecule has 0 bridgehead atoms. The van der Waals surface area contributed by atoms with Gasteiger partial charge in [-0.2, -0.15) is 18.3 Å². The Hall–Kier alpha value is -3.74. The van der Waals surface area contributed by atoms with Crippen molar-refractivity contribution in [2.45, 2.75) is 13.1 Å². The van der Waals surface area contributed by atoms with E-state index in [1.54, 1.807) is 36.7 Å². The highest BCUT2D eigenvalue weighted by Gasteiger charge is 2.34. The van der Waals surface area contributed by atoms with Crippen LogP contribution in [0.1, 0.15) is 21.6 Å². The average molecular weight is 495 g/mol. The van der Waals surface area contributed by atoms with Gasteiger partial charge in [-0.1, -0.05) is 0 Å². The van der Waals surface area contributed by atoms with E-state index in [1.165, 1.54) is 0 Å². The quantitative estimate of drug-likeness (QED) is 0.509. The number of anilines is 2. The van der Waals surface area contributed by atoms with Crippen molar-refractivity contribution in [2.75, 3.05) is 44.4 Å². The summed E-state index contributed by atoms with van der Waals surface area (Å²) in [6, 6.07) is 2.48. The highest BCUT2D eigenvalue weighted by atomic mass is 19.4. The number of aryl methyl sites for hydroxylation is 2. The minimum atomic E-state index is -4.94. The molecule has 0 saturated heterocycles. The molecule has 0 aliphatic heterocycles. The van der Waals surface area contributed by atoms with Gasteiger partial charge in [0.2, 0.25) is 0 Å². The largest absolute Gasteiger partial charge is 0.419 e. The highest BCUT2D eigenvalue weighted by molar-refractivity contribution is 6.11. The monoisotopic (exact) mass is 495 g/mol. The number of carbonyl (C=O) groups is 2. The van der Waals surface area contributed by atoms with E-state index in [1.807, 2.05) is 19.0 Å². The first-order chi connectivity index (χ1) is 16.3. The Morgan fingerprint density at radius 2 is 1.80 bits per heavy atom. The van der Waals surface area contributed by atoms with Gasteiger partial charge in [-0.15, -0.1) is 0 Å². The second-order valence-corrected chi connectivity index (χ2v) is 8.27. The summed E-state index contributed by atoms with van der Waals surface area (Å²) in [6.07, 6.45) is -4.94. The SMILES string of the molecule is Cc1nn(C)c2nc(N(C)CCN(C)C)c(C(=O)NC(=O)Nc3ccc(F)c(C(F)(F)F)c3)cc12. The van der Waals surface area contributed by atoms with Crippen molar-refractivity contribution in [3.63, 3.8) is 0 Å². The Morgan fingerprint density at radius 3 is 2.43 bits per heavy atom. The summed E-state index contributed by atoms with van der Waals surface area (Å²) < 4.78 is 53.9. The predicted octanol–water partition coefficient (Wildman–Crippen LogP) is 3.39. The third-order valence-electron chi connectivity index (χ3n) is 5.22. The Balaban J connectivity index is 1.89. The van der Waals surface area contributed by atoms with Crippen LogP contribution < -0.4 is 15.5 Å². The molecule has 0 saturated carbocycles. The van der Waals surface area contributed by atoms with Gasteiger partial charge in [-0.3, -0.25) is 14.8 Å². The number of amides is 3. The minimum Gasteiger partial charge on any atom is -0.358 e. The number of imide groups is 1. The summed E-state index contributed by atoms with van der Waals surface area (Å²) in [5, 5.41) is 9.15. The number of alkyl halides is 3. The van der Waals surface area contributed by atoms with Crippen LogP contribution in [0.3, 0.4) is 0 Å². The molecule has 3 aromatic rings. The maximum Gasteiger partial charge on any atom is 0.419 e. The summed E-state index contributed by atoms with van der Waals surface area (Å²) in [5.41, 5.74) is -0.611. The molecule has 0 aliphatic rings. The molecule has 2 heterocycles. The molecule has 3 rings (SSSR count). The molecule has 0 fully saturated rings. The van der Waals surface area contributed by atoms with Gasteiger partial charge in [-0.25, -0.2) is 14.2 Å². The van der Waals surface area contributed by atoms with Crippen LogP contribution in [0.5, 0.6) is 0 Å². The number of likely N-dealkylation sites (N-methyl/N-ethyl adjacent to an activating group) is 2. The molecule has 0 radical (unpaired) electrons. The number of hydrogen-bond acceptors (Lipinski definition) is 6. The second kappa shape index (κ2) is 9.86. The number of carbonyl (C=O) groups excluding carboxylic acids is 2. The number of nitrogens with one attached hydrogen (secondary N) is 2. The fourth-order valence-corrected chi connectivity index (χ4v) is 3.40. The van der Waals surface area contributed by atoms with Crippen molar-refractivity contribution in [2.24, 2.45) is 7.05 Å². The molecule has 0 aliphatic carbocycles. The van der Waals surface area contributed by atoms with Crippen LogP contribution in [0.25, 0.3) is 11.0 Å². The summed E-state index contributed by atoms with van der Waals surface area (Å²) in [5.74, 6) is -1.99. The van der Waals surface area contributed by atoms with Gasteiger partial charge in [0.25, 0.3) is 5.91 Å². The van der Waals surface area contributed by atoms with Crippen molar-refractivity contribution in [3.05, 3.63) is 46.9 Å². The molecular formula is C22H25F4N7O2. The van der Waals surface area contributed by atoms with E-state index in [4.69, 9.17) is 0 Å². The van der Waals surface area contributed by atoms with E-state index in [-0.39, 0.29) is 11.3 Å². The van der Waals surface area contributed by atoms with Crippen LogP contribution in [0, 0.1) is 12.7 Å². The molecule has 0 spiro atoms. The number of benzene rings is 1. The highest BCUT2D eigenvalue weighted by Crippen LogP contribution is 2.33. The molecular weight excluding hydrogens is 470 g/mol. The van der Waals surface area contributed by atoms with Crippen molar-refractivity contribution in [3.8, 4) is 0 Å². The van der Waals surface area contributed by atoms with E-state index in [2.05, 4.69) is 20.7 Å². The Labute approximate surface area is 198 Å². The number of nitrogens with zero attached hydrogens (tertiary/aromatic N) is 5. The number of urea groups is 1. The van der Waals surface area contributed by atoms with Gasteiger partial charge in [0.15, 0.2) is 5.65 Å². The lowest BCUT2D eigenvalue weighted by Gasteiger charge is -2.23. The first-order valence-electron chi connectivity index (χ1n) is 10.5. The normalized spacial score (nSPS) is 11.7. The summed E-state index contributed by atoms with van der Waals surface area (Å²) in [7, 11) is 7.26. The van der Waals surface area contributed by atoms with Gasteiger partial charge in [0.1, 0.15) is 11.6 Å². The molecule has 3 amide bonds. The molecule has 2 aromatic heterocycles.